The summed E-state index contributed by atoms with van der Waals surface area (Å²) in [5.74, 6) is -0.343. The van der Waals surface area contributed by atoms with Crippen LogP contribution in [0.2, 0.25) is 0 Å². The molecule has 22 heavy (non-hydrogen) atoms. The molecule has 0 spiro atoms. The van der Waals surface area contributed by atoms with Gasteiger partial charge in [-0.05, 0) is 18.4 Å². The van der Waals surface area contributed by atoms with E-state index >= 15 is 0 Å². The highest BCUT2D eigenvalue weighted by Gasteiger charge is 2.29. The number of aliphatic hydroxyl groups is 1. The maximum absolute atomic E-state index is 11.9. The lowest BCUT2D eigenvalue weighted by Gasteiger charge is -2.27. The summed E-state index contributed by atoms with van der Waals surface area (Å²) in [4.78, 5) is 11.9. The third-order valence-corrected chi connectivity index (χ3v) is 3.12. The summed E-state index contributed by atoms with van der Waals surface area (Å²) in [6, 6.07) is 8.66. The van der Waals surface area contributed by atoms with Crippen molar-refractivity contribution in [2.45, 2.75) is 39.5 Å². The van der Waals surface area contributed by atoms with Gasteiger partial charge < -0.3 is 19.9 Å². The number of alkyl carbamates (subject to hydrolysis) is 1. The van der Waals surface area contributed by atoms with Gasteiger partial charge in [-0.2, -0.15) is 0 Å². The van der Waals surface area contributed by atoms with Crippen molar-refractivity contribution >= 4 is 12.0 Å². The molecule has 0 saturated heterocycles. The second kappa shape index (κ2) is 9.04. The molecule has 0 aromatic heterocycles. The maximum atomic E-state index is 11.9. The van der Waals surface area contributed by atoms with Gasteiger partial charge in [-0.3, -0.25) is 5.41 Å². The van der Waals surface area contributed by atoms with Crippen molar-refractivity contribution in [3.8, 4) is 0 Å². The molecule has 1 unspecified atom stereocenters. The van der Waals surface area contributed by atoms with Crippen molar-refractivity contribution in [1.82, 2.24) is 5.32 Å². The van der Waals surface area contributed by atoms with Gasteiger partial charge in [-0.15, -0.1) is 0 Å². The minimum atomic E-state index is -1.20. The molecule has 6 heteroatoms. The van der Waals surface area contributed by atoms with E-state index in [1.165, 1.54) is 0 Å². The molecular formula is C16H24N2O4. The number of benzene rings is 1. The van der Waals surface area contributed by atoms with Crippen LogP contribution in [-0.2, 0) is 16.1 Å². The zero-order chi connectivity index (χ0) is 16.5. The van der Waals surface area contributed by atoms with Gasteiger partial charge in [0.15, 0.2) is 0 Å². The van der Waals surface area contributed by atoms with E-state index in [-0.39, 0.29) is 18.4 Å². The molecule has 1 aromatic rings. The lowest BCUT2D eigenvalue weighted by Crippen LogP contribution is -2.50. The average Bonchev–Trinajstić information content (AvgIpc) is 2.51. The minimum absolute atomic E-state index is 0.0833. The summed E-state index contributed by atoms with van der Waals surface area (Å²) in [6.07, 6.45) is -1.84. The third kappa shape index (κ3) is 5.73. The normalized spacial score (nSPS) is 13.3. The fourth-order valence-electron chi connectivity index (χ4n) is 1.92. The zero-order valence-corrected chi connectivity index (χ0v) is 13.2. The van der Waals surface area contributed by atoms with Gasteiger partial charge >= 0.3 is 6.09 Å². The van der Waals surface area contributed by atoms with Crippen molar-refractivity contribution in [3.63, 3.8) is 0 Å². The fourth-order valence-corrected chi connectivity index (χ4v) is 1.92. The van der Waals surface area contributed by atoms with Crippen LogP contribution in [0.15, 0.2) is 30.3 Å². The molecule has 122 valence electrons. The van der Waals surface area contributed by atoms with Gasteiger partial charge in [0.05, 0.1) is 12.6 Å². The number of nitrogens with one attached hydrogen (secondary N) is 2. The number of aliphatic hydroxyl groups excluding tert-OH is 1. The summed E-state index contributed by atoms with van der Waals surface area (Å²) in [6.45, 7) is 5.85. The molecule has 0 aliphatic carbocycles. The first kappa shape index (κ1) is 18.0. The van der Waals surface area contributed by atoms with E-state index in [4.69, 9.17) is 14.9 Å². The van der Waals surface area contributed by atoms with Crippen LogP contribution in [0.25, 0.3) is 0 Å². The molecule has 2 atom stereocenters. The Labute approximate surface area is 130 Å². The van der Waals surface area contributed by atoms with Crippen LogP contribution >= 0.6 is 0 Å². The molecule has 0 bridgehead atoms. The smallest absolute Gasteiger partial charge is 0.407 e. The van der Waals surface area contributed by atoms with Crippen LogP contribution in [0.1, 0.15) is 26.3 Å². The van der Waals surface area contributed by atoms with Crippen LogP contribution < -0.4 is 5.32 Å². The number of amides is 1. The topological polar surface area (TPSA) is 91.6 Å². The number of hydrogen-bond acceptors (Lipinski definition) is 5. The molecular weight excluding hydrogens is 284 g/mol. The van der Waals surface area contributed by atoms with E-state index in [0.29, 0.717) is 6.61 Å². The first-order chi connectivity index (χ1) is 10.5. The SMILES string of the molecule is CCOC(=N)C(O)[C@@H](NC(=O)OCc1ccccc1)C(C)C. The molecule has 0 radical (unpaired) electrons. The highest BCUT2D eigenvalue weighted by molar-refractivity contribution is 5.79. The molecule has 1 aromatic carbocycles. The number of ether oxygens (including phenoxy) is 2. The number of carbonyl (C=O) groups is 1. The summed E-state index contributed by atoms with van der Waals surface area (Å²) >= 11 is 0. The van der Waals surface area contributed by atoms with Crippen LogP contribution in [0.5, 0.6) is 0 Å². The molecule has 0 aliphatic heterocycles. The van der Waals surface area contributed by atoms with Gasteiger partial charge in [-0.1, -0.05) is 44.2 Å². The molecule has 1 amide bonds. The Hall–Kier alpha value is -2.08. The molecule has 0 saturated carbocycles. The second-order valence-corrected chi connectivity index (χ2v) is 5.22. The van der Waals surface area contributed by atoms with Crippen molar-refractivity contribution in [1.29, 1.82) is 5.41 Å². The Bertz CT molecular complexity index is 476. The summed E-state index contributed by atoms with van der Waals surface area (Å²) in [7, 11) is 0. The molecule has 0 aliphatic rings. The average molecular weight is 308 g/mol. The first-order valence-electron chi connectivity index (χ1n) is 7.32. The molecule has 6 nitrogen and oxygen atoms in total. The zero-order valence-electron chi connectivity index (χ0n) is 13.2. The van der Waals surface area contributed by atoms with E-state index in [1.54, 1.807) is 6.92 Å². The van der Waals surface area contributed by atoms with Crippen LogP contribution in [0.3, 0.4) is 0 Å². The lowest BCUT2D eigenvalue weighted by atomic mass is 9.98. The van der Waals surface area contributed by atoms with Gasteiger partial charge in [-0.25, -0.2) is 4.79 Å². The highest BCUT2D eigenvalue weighted by atomic mass is 16.5. The van der Waals surface area contributed by atoms with Crippen LogP contribution in [0.4, 0.5) is 4.79 Å². The molecule has 1 rings (SSSR count). The number of hydrogen-bond donors (Lipinski definition) is 3. The third-order valence-electron chi connectivity index (χ3n) is 3.12. The standard InChI is InChI=1S/C16H24N2O4/c1-4-21-15(17)14(19)13(11(2)3)18-16(20)22-10-12-8-6-5-7-9-12/h5-9,11,13-14,17,19H,4,10H2,1-3H3,(H,18,20)/t13-,14?/m0/s1. The van der Waals surface area contributed by atoms with Crippen molar-refractivity contribution in [2.24, 2.45) is 5.92 Å². The summed E-state index contributed by atoms with van der Waals surface area (Å²) in [5.41, 5.74) is 0.876. The van der Waals surface area contributed by atoms with Gasteiger partial charge in [0.25, 0.3) is 0 Å². The van der Waals surface area contributed by atoms with Gasteiger partial charge in [0.1, 0.15) is 12.7 Å². The predicted octanol–water partition coefficient (Wildman–Crippen LogP) is 2.31. The molecule has 3 N–H and O–H groups in total. The van der Waals surface area contributed by atoms with E-state index in [0.717, 1.165) is 5.56 Å². The van der Waals surface area contributed by atoms with E-state index < -0.39 is 18.2 Å². The van der Waals surface area contributed by atoms with Gasteiger partial charge in [0.2, 0.25) is 5.90 Å². The van der Waals surface area contributed by atoms with Crippen molar-refractivity contribution in [2.75, 3.05) is 6.61 Å². The summed E-state index contributed by atoms with van der Waals surface area (Å²) < 4.78 is 10.1. The number of rotatable bonds is 7. The Balaban J connectivity index is 2.55. The van der Waals surface area contributed by atoms with Crippen LogP contribution in [0, 0.1) is 11.3 Å². The van der Waals surface area contributed by atoms with Gasteiger partial charge in [0, 0.05) is 0 Å². The second-order valence-electron chi connectivity index (χ2n) is 5.22. The fraction of sp³-hybridized carbons (Fsp3) is 0.500. The Kier molecular flexibility index (Phi) is 7.39. The monoisotopic (exact) mass is 308 g/mol. The Morgan fingerprint density at radius 3 is 2.45 bits per heavy atom. The van der Waals surface area contributed by atoms with Crippen molar-refractivity contribution < 1.29 is 19.4 Å². The van der Waals surface area contributed by atoms with Crippen LogP contribution in [-0.4, -0.2) is 35.9 Å². The quantitative estimate of drug-likeness (QED) is 0.532. The summed E-state index contributed by atoms with van der Waals surface area (Å²) in [5, 5.41) is 20.3. The first-order valence-corrected chi connectivity index (χ1v) is 7.32. The Morgan fingerprint density at radius 2 is 1.91 bits per heavy atom. The largest absolute Gasteiger partial charge is 0.480 e. The van der Waals surface area contributed by atoms with Crippen molar-refractivity contribution in [3.05, 3.63) is 35.9 Å². The molecule has 0 heterocycles. The number of carbonyl (C=O) groups excluding carboxylic acids is 1. The maximum Gasteiger partial charge on any atom is 0.407 e. The van der Waals surface area contributed by atoms with E-state index in [1.807, 2.05) is 44.2 Å². The predicted molar refractivity (Wildman–Crippen MR) is 83.7 cm³/mol. The minimum Gasteiger partial charge on any atom is -0.480 e. The Morgan fingerprint density at radius 1 is 1.27 bits per heavy atom. The lowest BCUT2D eigenvalue weighted by molar-refractivity contribution is 0.102. The highest BCUT2D eigenvalue weighted by Crippen LogP contribution is 2.10. The molecule has 0 fully saturated rings. The van der Waals surface area contributed by atoms with E-state index in [9.17, 15) is 9.90 Å². The van der Waals surface area contributed by atoms with E-state index in [2.05, 4.69) is 5.32 Å².